The summed E-state index contributed by atoms with van der Waals surface area (Å²) in [6.07, 6.45) is 0. The van der Waals surface area contributed by atoms with Crippen LogP contribution in [0.25, 0.3) is 10.9 Å². The van der Waals surface area contributed by atoms with Crippen molar-refractivity contribution in [3.63, 3.8) is 0 Å². The summed E-state index contributed by atoms with van der Waals surface area (Å²) in [7, 11) is 0. The fraction of sp³-hybridized carbons (Fsp3) is 0.400. The van der Waals surface area contributed by atoms with Crippen molar-refractivity contribution in [3.05, 3.63) is 39.1 Å². The van der Waals surface area contributed by atoms with Crippen LogP contribution in [0.3, 0.4) is 0 Å². The van der Waals surface area contributed by atoms with Crippen LogP contribution in [0.1, 0.15) is 25.3 Å². The summed E-state index contributed by atoms with van der Waals surface area (Å²) >= 11 is 6.30. The normalized spacial score (nSPS) is 21.5. The van der Waals surface area contributed by atoms with Crippen molar-refractivity contribution in [2.24, 2.45) is 0 Å². The summed E-state index contributed by atoms with van der Waals surface area (Å²) in [4.78, 5) is 16.6. The third-order valence-corrected chi connectivity index (χ3v) is 4.60. The van der Waals surface area contributed by atoms with E-state index in [-0.39, 0.29) is 12.2 Å². The number of benzene rings is 1. The molecule has 2 aromatic rings. The number of aliphatic hydroxyl groups excluding tert-OH is 1. The van der Waals surface area contributed by atoms with Gasteiger partial charge in [-0.3, -0.25) is 4.79 Å². The van der Waals surface area contributed by atoms with E-state index in [0.717, 1.165) is 22.2 Å². The van der Waals surface area contributed by atoms with Gasteiger partial charge in [-0.05, 0) is 24.6 Å². The molecule has 1 aliphatic rings. The minimum absolute atomic E-state index is 0.119. The molecule has 0 amide bonds. The van der Waals surface area contributed by atoms with Gasteiger partial charge in [0.15, 0.2) is 0 Å². The van der Waals surface area contributed by atoms with Gasteiger partial charge in [0, 0.05) is 35.6 Å². The molecule has 1 aliphatic heterocycles. The van der Waals surface area contributed by atoms with Crippen LogP contribution in [0.4, 0.5) is 5.69 Å². The van der Waals surface area contributed by atoms with Crippen LogP contribution in [0.15, 0.2) is 23.0 Å². The molecule has 0 saturated heterocycles. The molecule has 2 unspecified atom stereocenters. The standard InChI is InChI=1S/C15H17ClN2O2/c1-8-9(2)18(5-6-19)12-4-3-11-15(14(8)12)10(16)7-13(20)17-11/h3-4,7-9,19H,5-6H2,1-2H3,(H,17,20). The zero-order chi connectivity index (χ0) is 14.4. The van der Waals surface area contributed by atoms with Crippen molar-refractivity contribution < 1.29 is 5.11 Å². The highest BCUT2D eigenvalue weighted by Gasteiger charge is 2.34. The van der Waals surface area contributed by atoms with Crippen molar-refractivity contribution >= 4 is 28.2 Å². The first kappa shape index (κ1) is 13.5. The Labute approximate surface area is 122 Å². The molecule has 106 valence electrons. The highest BCUT2D eigenvalue weighted by molar-refractivity contribution is 6.35. The number of fused-ring (bicyclic) bond motifs is 3. The number of rotatable bonds is 2. The first-order chi connectivity index (χ1) is 9.54. The molecule has 2 heterocycles. The largest absolute Gasteiger partial charge is 0.395 e. The van der Waals surface area contributed by atoms with Crippen LogP contribution < -0.4 is 10.5 Å². The van der Waals surface area contributed by atoms with Gasteiger partial charge in [-0.15, -0.1) is 0 Å². The fourth-order valence-corrected chi connectivity index (χ4v) is 3.50. The van der Waals surface area contributed by atoms with E-state index in [1.54, 1.807) is 0 Å². The summed E-state index contributed by atoms with van der Waals surface area (Å²) in [6.45, 7) is 5.02. The second-order valence-corrected chi connectivity index (χ2v) is 5.76. The van der Waals surface area contributed by atoms with E-state index in [2.05, 4.69) is 23.7 Å². The number of nitrogens with one attached hydrogen (secondary N) is 1. The Balaban J connectivity index is 2.32. The van der Waals surface area contributed by atoms with Crippen molar-refractivity contribution in [3.8, 4) is 0 Å². The van der Waals surface area contributed by atoms with Gasteiger partial charge in [0.2, 0.25) is 5.56 Å². The average molecular weight is 293 g/mol. The minimum Gasteiger partial charge on any atom is -0.395 e. The third kappa shape index (κ3) is 1.83. The summed E-state index contributed by atoms with van der Waals surface area (Å²) in [5.41, 5.74) is 2.84. The fourth-order valence-electron chi connectivity index (χ4n) is 3.20. The molecule has 0 radical (unpaired) electrons. The number of pyridine rings is 1. The molecule has 0 spiro atoms. The molecule has 2 atom stereocenters. The molecule has 0 fully saturated rings. The van der Waals surface area contributed by atoms with E-state index in [9.17, 15) is 9.90 Å². The summed E-state index contributed by atoms with van der Waals surface area (Å²) < 4.78 is 0. The van der Waals surface area contributed by atoms with Crippen LogP contribution in [-0.4, -0.2) is 29.3 Å². The summed E-state index contributed by atoms with van der Waals surface area (Å²) in [6, 6.07) is 5.61. The number of anilines is 1. The Morgan fingerprint density at radius 1 is 1.40 bits per heavy atom. The third-order valence-electron chi connectivity index (χ3n) is 4.30. The van der Waals surface area contributed by atoms with Crippen molar-refractivity contribution in [1.82, 2.24) is 4.98 Å². The number of hydrogen-bond acceptors (Lipinski definition) is 3. The lowest BCUT2D eigenvalue weighted by Crippen LogP contribution is -2.33. The smallest absolute Gasteiger partial charge is 0.249 e. The van der Waals surface area contributed by atoms with Gasteiger partial charge in [0.25, 0.3) is 0 Å². The van der Waals surface area contributed by atoms with Crippen LogP contribution in [0, 0.1) is 0 Å². The van der Waals surface area contributed by atoms with Crippen LogP contribution in [-0.2, 0) is 0 Å². The molecular weight excluding hydrogens is 276 g/mol. The van der Waals surface area contributed by atoms with Gasteiger partial charge >= 0.3 is 0 Å². The Hall–Kier alpha value is -1.52. The Kier molecular flexibility index (Phi) is 3.22. The van der Waals surface area contributed by atoms with Gasteiger partial charge in [-0.1, -0.05) is 18.5 Å². The molecule has 0 bridgehead atoms. The molecule has 5 heteroatoms. The Morgan fingerprint density at radius 3 is 2.85 bits per heavy atom. The number of hydrogen-bond donors (Lipinski definition) is 2. The topological polar surface area (TPSA) is 56.3 Å². The van der Waals surface area contributed by atoms with E-state index in [0.29, 0.717) is 23.5 Å². The highest BCUT2D eigenvalue weighted by Crippen LogP contribution is 2.45. The first-order valence-corrected chi connectivity index (χ1v) is 7.15. The minimum atomic E-state index is -0.187. The second-order valence-electron chi connectivity index (χ2n) is 5.35. The van der Waals surface area contributed by atoms with Crippen LogP contribution in [0.2, 0.25) is 5.02 Å². The number of halogens is 1. The summed E-state index contributed by atoms with van der Waals surface area (Å²) in [5.74, 6) is 0.295. The average Bonchev–Trinajstić information content (AvgIpc) is 2.64. The van der Waals surface area contributed by atoms with E-state index >= 15 is 0 Å². The quantitative estimate of drug-likeness (QED) is 0.894. The van der Waals surface area contributed by atoms with Gasteiger partial charge in [0.05, 0.1) is 17.1 Å². The van der Waals surface area contributed by atoms with Crippen molar-refractivity contribution in [1.29, 1.82) is 0 Å². The lowest BCUT2D eigenvalue weighted by molar-refractivity contribution is 0.298. The highest BCUT2D eigenvalue weighted by atomic mass is 35.5. The second kappa shape index (κ2) is 4.79. The van der Waals surface area contributed by atoms with Gasteiger partial charge < -0.3 is 15.0 Å². The predicted octanol–water partition coefficient (Wildman–Crippen LogP) is 2.49. The van der Waals surface area contributed by atoms with Crippen LogP contribution >= 0.6 is 11.6 Å². The molecule has 1 aromatic carbocycles. The summed E-state index contributed by atoms with van der Waals surface area (Å²) in [5, 5.41) is 10.7. The Bertz CT molecular complexity index is 726. The monoisotopic (exact) mass is 292 g/mol. The number of nitrogens with zero attached hydrogens (tertiary/aromatic N) is 1. The number of aromatic amines is 1. The first-order valence-electron chi connectivity index (χ1n) is 6.77. The SMILES string of the molecule is CC1c2c(ccc3[nH]c(=O)cc(Cl)c23)N(CCO)C1C. The number of β-amino-alcohol motifs (C(OH)–C–C–N with tert-alkyl or cyclic N) is 1. The molecule has 2 N–H and O–H groups in total. The number of H-pyrrole nitrogens is 1. The molecular formula is C15H17ClN2O2. The molecule has 4 nitrogen and oxygen atoms in total. The lowest BCUT2D eigenvalue weighted by atomic mass is 9.94. The zero-order valence-corrected chi connectivity index (χ0v) is 12.2. The molecule has 1 aromatic heterocycles. The van der Waals surface area contributed by atoms with E-state index < -0.39 is 0 Å². The van der Waals surface area contributed by atoms with E-state index in [1.165, 1.54) is 6.07 Å². The molecule has 3 rings (SSSR count). The van der Waals surface area contributed by atoms with Crippen molar-refractivity contribution in [2.75, 3.05) is 18.1 Å². The van der Waals surface area contributed by atoms with Gasteiger partial charge in [0.1, 0.15) is 0 Å². The molecule has 0 aliphatic carbocycles. The van der Waals surface area contributed by atoms with E-state index in [4.69, 9.17) is 11.6 Å². The van der Waals surface area contributed by atoms with Gasteiger partial charge in [-0.2, -0.15) is 0 Å². The van der Waals surface area contributed by atoms with Gasteiger partial charge in [-0.25, -0.2) is 0 Å². The predicted molar refractivity (Wildman–Crippen MR) is 81.9 cm³/mol. The maximum Gasteiger partial charge on any atom is 0.249 e. The molecule has 0 saturated carbocycles. The Morgan fingerprint density at radius 2 is 2.15 bits per heavy atom. The van der Waals surface area contributed by atoms with E-state index in [1.807, 2.05) is 12.1 Å². The number of aliphatic hydroxyl groups is 1. The van der Waals surface area contributed by atoms with Crippen LogP contribution in [0.5, 0.6) is 0 Å². The maximum atomic E-state index is 11.5. The molecule has 20 heavy (non-hydrogen) atoms. The lowest BCUT2D eigenvalue weighted by Gasteiger charge is -2.25. The van der Waals surface area contributed by atoms with Crippen molar-refractivity contribution in [2.45, 2.75) is 25.8 Å². The zero-order valence-electron chi connectivity index (χ0n) is 11.5. The maximum absolute atomic E-state index is 11.5. The number of aromatic nitrogens is 1.